The van der Waals surface area contributed by atoms with Gasteiger partial charge in [-0.3, -0.25) is 0 Å². The first-order valence-corrected chi connectivity index (χ1v) is 5.36. The van der Waals surface area contributed by atoms with Gasteiger partial charge in [-0.1, -0.05) is 0 Å². The van der Waals surface area contributed by atoms with Crippen molar-refractivity contribution in [2.45, 2.75) is 6.42 Å². The molecule has 0 fully saturated rings. The third-order valence-electron chi connectivity index (χ3n) is 0.700. The Morgan fingerprint density at radius 2 is 1.83 bits per heavy atom. The number of allylic oxidation sites excluding steroid dienone is 2. The van der Waals surface area contributed by atoms with Gasteiger partial charge >= 0.3 is 47.9 Å². The van der Waals surface area contributed by atoms with Crippen molar-refractivity contribution < 1.29 is 0 Å². The second kappa shape index (κ2) is 2.45. The fourth-order valence-electron chi connectivity index (χ4n) is 0.406. The predicted octanol–water partition coefficient (Wildman–Crippen LogP) is 1.12. The molecule has 2 radical (unpaired) electrons. The molecule has 0 atom stereocenters. The monoisotopic (exact) mass is 186 g/mol. The Morgan fingerprint density at radius 1 is 1.17 bits per heavy atom. The fourth-order valence-corrected chi connectivity index (χ4v) is 2.28. The molecule has 1 heterocycles. The van der Waals surface area contributed by atoms with Crippen molar-refractivity contribution >= 4 is 21.1 Å². The van der Waals surface area contributed by atoms with Crippen LogP contribution in [0, 0.1) is 0 Å². The summed E-state index contributed by atoms with van der Waals surface area (Å²) in [6, 6.07) is 0. The molecule has 30 valence electrons. The van der Waals surface area contributed by atoms with Crippen LogP contribution < -0.4 is 0 Å². The maximum atomic E-state index is 2.35. The van der Waals surface area contributed by atoms with Crippen molar-refractivity contribution in [2.75, 3.05) is 0 Å². The van der Waals surface area contributed by atoms with E-state index in [-0.39, 0.29) is 21.1 Å². The van der Waals surface area contributed by atoms with Gasteiger partial charge in [-0.2, -0.15) is 0 Å². The van der Waals surface area contributed by atoms with Gasteiger partial charge in [-0.25, -0.2) is 0 Å². The summed E-state index contributed by atoms with van der Waals surface area (Å²) in [4.78, 5) is 0. The molecular weight excluding hydrogens is 179 g/mol. The number of rotatable bonds is 0. The fraction of sp³-hybridized carbons (Fsp3) is 0.200. The molecule has 0 aromatic carbocycles. The van der Waals surface area contributed by atoms with Crippen LogP contribution in [0.2, 0.25) is 0 Å². The molecule has 0 aromatic heterocycles. The topological polar surface area (TPSA) is 0 Å². The molecule has 1 heteroatoms. The summed E-state index contributed by atoms with van der Waals surface area (Å²) >= 11 is -0.0747. The standard InChI is InChI=1S/C5H6.Sn/c1-3-5-4-2;/h1-4H,5H2;. The normalized spacial score (nSPS) is 18.7. The van der Waals surface area contributed by atoms with Crippen LogP contribution in [0.4, 0.5) is 0 Å². The minimum atomic E-state index is -0.0747. The van der Waals surface area contributed by atoms with E-state index in [1.165, 1.54) is 6.42 Å². The summed E-state index contributed by atoms with van der Waals surface area (Å²) in [6.07, 6.45) is 5.69. The molecule has 0 N–H and O–H groups in total. The summed E-state index contributed by atoms with van der Waals surface area (Å²) in [5.41, 5.74) is 0. The quantitative estimate of drug-likeness (QED) is 0.496. The van der Waals surface area contributed by atoms with Crippen molar-refractivity contribution in [3.05, 3.63) is 20.3 Å². The van der Waals surface area contributed by atoms with E-state index in [0.717, 1.165) is 0 Å². The third kappa shape index (κ3) is 1.17. The Balaban J connectivity index is 2.40. The molecule has 0 nitrogen and oxygen atoms in total. The number of hydrogen-bond acceptors (Lipinski definition) is 0. The maximum absolute atomic E-state index is 2.35. The first kappa shape index (κ1) is 4.44. The van der Waals surface area contributed by atoms with E-state index >= 15 is 0 Å². The van der Waals surface area contributed by atoms with Gasteiger partial charge in [0.15, 0.2) is 0 Å². The molecule has 1 aliphatic heterocycles. The van der Waals surface area contributed by atoms with Crippen molar-refractivity contribution in [2.24, 2.45) is 0 Å². The molecule has 6 heavy (non-hydrogen) atoms. The average molecular weight is 185 g/mol. The molecular formula is C5H6Sn. The molecule has 0 aromatic rings. The van der Waals surface area contributed by atoms with Crippen LogP contribution in [0.5, 0.6) is 0 Å². The Kier molecular flexibility index (Phi) is 1.81. The van der Waals surface area contributed by atoms with E-state index in [9.17, 15) is 0 Å². The van der Waals surface area contributed by atoms with Gasteiger partial charge in [0.25, 0.3) is 0 Å². The van der Waals surface area contributed by atoms with Gasteiger partial charge in [0.05, 0.1) is 0 Å². The van der Waals surface area contributed by atoms with Crippen LogP contribution in [0.3, 0.4) is 0 Å². The van der Waals surface area contributed by atoms with E-state index in [1.54, 1.807) is 0 Å². The van der Waals surface area contributed by atoms with Crippen LogP contribution in [-0.4, -0.2) is 21.1 Å². The van der Waals surface area contributed by atoms with Crippen LogP contribution in [-0.2, 0) is 0 Å². The Labute approximate surface area is 48.2 Å². The zero-order valence-electron chi connectivity index (χ0n) is 3.52. The zero-order chi connectivity index (χ0) is 4.24. The van der Waals surface area contributed by atoms with E-state index in [0.29, 0.717) is 0 Å². The molecule has 0 spiro atoms. The second-order valence-corrected chi connectivity index (χ2v) is 4.06. The first-order valence-electron chi connectivity index (χ1n) is 2.06. The number of hydrogen-bond donors (Lipinski definition) is 0. The molecule has 0 saturated carbocycles. The Bertz CT molecular complexity index is 61.9. The van der Waals surface area contributed by atoms with Gasteiger partial charge in [0.2, 0.25) is 0 Å². The summed E-state index contributed by atoms with van der Waals surface area (Å²) in [7, 11) is 0. The van der Waals surface area contributed by atoms with Gasteiger partial charge in [0.1, 0.15) is 0 Å². The van der Waals surface area contributed by atoms with E-state index in [2.05, 4.69) is 20.3 Å². The summed E-state index contributed by atoms with van der Waals surface area (Å²) in [5, 5.41) is 0. The van der Waals surface area contributed by atoms with Crippen molar-refractivity contribution in [1.29, 1.82) is 0 Å². The third-order valence-corrected chi connectivity index (χ3v) is 3.14. The predicted molar refractivity (Wildman–Crippen MR) is 28.7 cm³/mol. The van der Waals surface area contributed by atoms with Crippen molar-refractivity contribution in [3.63, 3.8) is 0 Å². The Morgan fingerprint density at radius 3 is 2.00 bits per heavy atom. The summed E-state index contributed by atoms with van der Waals surface area (Å²) < 4.78 is 4.70. The zero-order valence-corrected chi connectivity index (χ0v) is 6.37. The van der Waals surface area contributed by atoms with Gasteiger partial charge in [-0.05, 0) is 0 Å². The second-order valence-electron chi connectivity index (χ2n) is 1.21. The molecule has 0 aliphatic carbocycles. The SMILES string of the molecule is C1=[CH][Sn][CH]=CC1. The van der Waals surface area contributed by atoms with Crippen LogP contribution in [0.25, 0.3) is 0 Å². The van der Waals surface area contributed by atoms with Gasteiger partial charge in [-0.15, -0.1) is 0 Å². The molecule has 0 unspecified atom stereocenters. The van der Waals surface area contributed by atoms with Crippen molar-refractivity contribution in [3.8, 4) is 0 Å². The molecule has 1 rings (SSSR count). The Hall–Kier alpha value is 0.279. The van der Waals surface area contributed by atoms with Crippen LogP contribution >= 0.6 is 0 Å². The molecule has 1 aliphatic rings. The van der Waals surface area contributed by atoms with E-state index < -0.39 is 0 Å². The van der Waals surface area contributed by atoms with Crippen molar-refractivity contribution in [1.82, 2.24) is 0 Å². The molecule has 0 bridgehead atoms. The summed E-state index contributed by atoms with van der Waals surface area (Å²) in [5.74, 6) is 0. The van der Waals surface area contributed by atoms with E-state index in [4.69, 9.17) is 0 Å². The minimum absolute atomic E-state index is 0.0747. The molecule has 0 saturated heterocycles. The van der Waals surface area contributed by atoms with Crippen LogP contribution in [0.15, 0.2) is 20.3 Å². The van der Waals surface area contributed by atoms with Gasteiger partial charge in [0, 0.05) is 0 Å². The molecule has 0 amide bonds. The summed E-state index contributed by atoms with van der Waals surface area (Å²) in [6.45, 7) is 0. The van der Waals surface area contributed by atoms with Crippen LogP contribution in [0.1, 0.15) is 6.42 Å². The van der Waals surface area contributed by atoms with Gasteiger partial charge < -0.3 is 0 Å². The van der Waals surface area contributed by atoms with E-state index in [1.807, 2.05) is 0 Å². The first-order chi connectivity index (χ1) is 3.00. The average Bonchev–Trinajstić information content (AvgIpc) is 1.72.